The monoisotopic (exact) mass is 339 g/mol. The number of nitrogens with zero attached hydrogens (tertiary/aromatic N) is 2. The first kappa shape index (κ1) is 17.2. The number of hydrogen-bond donors (Lipinski definition) is 1. The lowest BCUT2D eigenvalue weighted by molar-refractivity contribution is 0.0981. The minimum Gasteiger partial charge on any atom is -0.495 e. The SMILES string of the molecule is COc1ccc([C@H]2OCC[C@@H]2NCc2ccc(C#N)c(OC)c2)cn1. The Morgan fingerprint density at radius 3 is 2.84 bits per heavy atom. The van der Waals surface area contributed by atoms with E-state index < -0.39 is 0 Å². The maximum Gasteiger partial charge on any atom is 0.212 e. The van der Waals surface area contributed by atoms with Crippen LogP contribution in [0.5, 0.6) is 11.6 Å². The Bertz CT molecular complexity index is 755. The van der Waals surface area contributed by atoms with E-state index in [0.29, 0.717) is 30.3 Å². The fourth-order valence-corrected chi connectivity index (χ4v) is 2.99. The van der Waals surface area contributed by atoms with Crippen molar-refractivity contribution < 1.29 is 14.2 Å². The lowest BCUT2D eigenvalue weighted by atomic mass is 10.0. The van der Waals surface area contributed by atoms with E-state index in [0.717, 1.165) is 17.5 Å². The summed E-state index contributed by atoms with van der Waals surface area (Å²) in [5.41, 5.74) is 2.64. The number of nitrogens with one attached hydrogen (secondary N) is 1. The Morgan fingerprint density at radius 1 is 1.28 bits per heavy atom. The minimum absolute atomic E-state index is 0.0290. The zero-order valence-electron chi connectivity index (χ0n) is 14.4. The van der Waals surface area contributed by atoms with Crippen molar-refractivity contribution in [2.45, 2.75) is 25.1 Å². The summed E-state index contributed by atoms with van der Waals surface area (Å²) in [6, 6.07) is 11.8. The zero-order valence-corrected chi connectivity index (χ0v) is 14.4. The van der Waals surface area contributed by atoms with E-state index in [1.807, 2.05) is 24.3 Å². The Morgan fingerprint density at radius 2 is 2.16 bits per heavy atom. The molecule has 1 aromatic heterocycles. The van der Waals surface area contributed by atoms with Gasteiger partial charge in [-0.25, -0.2) is 4.98 Å². The highest BCUT2D eigenvalue weighted by molar-refractivity contribution is 5.45. The van der Waals surface area contributed by atoms with Crippen LogP contribution in [-0.4, -0.2) is 31.9 Å². The number of hydrogen-bond acceptors (Lipinski definition) is 6. The van der Waals surface area contributed by atoms with Crippen LogP contribution >= 0.6 is 0 Å². The largest absolute Gasteiger partial charge is 0.495 e. The molecule has 2 atom stereocenters. The van der Waals surface area contributed by atoms with Gasteiger partial charge in [-0.3, -0.25) is 0 Å². The third-order valence-electron chi connectivity index (χ3n) is 4.34. The zero-order chi connectivity index (χ0) is 17.6. The average molecular weight is 339 g/mol. The molecule has 1 aliphatic heterocycles. The molecule has 6 heteroatoms. The summed E-state index contributed by atoms with van der Waals surface area (Å²) in [6.45, 7) is 1.39. The Balaban J connectivity index is 1.66. The van der Waals surface area contributed by atoms with Crippen LogP contribution in [0.15, 0.2) is 36.5 Å². The van der Waals surface area contributed by atoms with Gasteiger partial charge in [-0.2, -0.15) is 5.26 Å². The molecule has 0 radical (unpaired) electrons. The van der Waals surface area contributed by atoms with E-state index in [1.165, 1.54) is 0 Å². The van der Waals surface area contributed by atoms with Crippen LogP contribution in [0.1, 0.15) is 29.2 Å². The van der Waals surface area contributed by atoms with Gasteiger partial charge in [0.15, 0.2) is 0 Å². The van der Waals surface area contributed by atoms with Gasteiger partial charge in [0.1, 0.15) is 11.8 Å². The minimum atomic E-state index is -0.0290. The van der Waals surface area contributed by atoms with Crippen LogP contribution in [0.4, 0.5) is 0 Å². The summed E-state index contributed by atoms with van der Waals surface area (Å²) >= 11 is 0. The first-order valence-corrected chi connectivity index (χ1v) is 8.17. The van der Waals surface area contributed by atoms with Gasteiger partial charge >= 0.3 is 0 Å². The van der Waals surface area contributed by atoms with Crippen molar-refractivity contribution in [2.75, 3.05) is 20.8 Å². The van der Waals surface area contributed by atoms with Gasteiger partial charge in [-0.1, -0.05) is 6.07 Å². The normalized spacial score (nSPS) is 19.4. The van der Waals surface area contributed by atoms with E-state index in [2.05, 4.69) is 16.4 Å². The van der Waals surface area contributed by atoms with Gasteiger partial charge in [-0.15, -0.1) is 0 Å². The van der Waals surface area contributed by atoms with Crippen molar-refractivity contribution >= 4 is 0 Å². The maximum absolute atomic E-state index is 9.06. The molecule has 0 bridgehead atoms. The number of benzene rings is 1. The molecule has 6 nitrogen and oxygen atoms in total. The molecule has 0 unspecified atom stereocenters. The molecule has 2 aromatic rings. The summed E-state index contributed by atoms with van der Waals surface area (Å²) in [7, 11) is 3.18. The standard InChI is InChI=1S/C19H21N3O3/c1-23-17-9-13(3-4-14(17)10-20)11-21-16-7-8-25-19(16)15-5-6-18(24-2)22-12-15/h3-6,9,12,16,19,21H,7-8,11H2,1-2H3/t16-,19+/m0/s1. The summed E-state index contributed by atoms with van der Waals surface area (Å²) < 4.78 is 16.3. The van der Waals surface area contributed by atoms with Gasteiger partial charge < -0.3 is 19.5 Å². The lowest BCUT2D eigenvalue weighted by Gasteiger charge is -2.20. The fraction of sp³-hybridized carbons (Fsp3) is 0.368. The van der Waals surface area contributed by atoms with Crippen LogP contribution in [0.25, 0.3) is 0 Å². The molecular formula is C19H21N3O3. The van der Waals surface area contributed by atoms with Crippen LogP contribution in [0.3, 0.4) is 0 Å². The Labute approximate surface area is 147 Å². The number of aromatic nitrogens is 1. The Kier molecular flexibility index (Phi) is 5.49. The van der Waals surface area contributed by atoms with Gasteiger partial charge in [0.2, 0.25) is 5.88 Å². The number of nitriles is 1. The van der Waals surface area contributed by atoms with E-state index in [4.69, 9.17) is 19.5 Å². The van der Waals surface area contributed by atoms with Crippen molar-refractivity contribution in [3.05, 3.63) is 53.2 Å². The summed E-state index contributed by atoms with van der Waals surface area (Å²) in [5, 5.41) is 12.6. The molecular weight excluding hydrogens is 318 g/mol. The van der Waals surface area contributed by atoms with Gasteiger partial charge in [0.25, 0.3) is 0 Å². The predicted octanol–water partition coefficient (Wildman–Crippen LogP) is 2.59. The van der Waals surface area contributed by atoms with Gasteiger partial charge in [-0.05, 0) is 30.2 Å². The van der Waals surface area contributed by atoms with E-state index in [-0.39, 0.29) is 12.1 Å². The molecule has 0 amide bonds. The first-order chi connectivity index (χ1) is 12.2. The number of methoxy groups -OCH3 is 2. The topological polar surface area (TPSA) is 76.4 Å². The second kappa shape index (κ2) is 7.97. The highest BCUT2D eigenvalue weighted by Gasteiger charge is 2.29. The number of rotatable bonds is 6. The molecule has 25 heavy (non-hydrogen) atoms. The summed E-state index contributed by atoms with van der Waals surface area (Å²) in [6.07, 6.45) is 2.71. The highest BCUT2D eigenvalue weighted by atomic mass is 16.5. The van der Waals surface area contributed by atoms with Crippen molar-refractivity contribution in [3.63, 3.8) is 0 Å². The molecule has 1 aromatic carbocycles. The highest BCUT2D eigenvalue weighted by Crippen LogP contribution is 2.30. The Hall–Kier alpha value is -2.62. The van der Waals surface area contributed by atoms with Crippen molar-refractivity contribution in [2.24, 2.45) is 0 Å². The molecule has 1 N–H and O–H groups in total. The molecule has 130 valence electrons. The third kappa shape index (κ3) is 3.90. The lowest BCUT2D eigenvalue weighted by Crippen LogP contribution is -2.31. The maximum atomic E-state index is 9.06. The number of ether oxygens (including phenoxy) is 3. The first-order valence-electron chi connectivity index (χ1n) is 8.17. The quantitative estimate of drug-likeness (QED) is 0.872. The average Bonchev–Trinajstić information content (AvgIpc) is 3.14. The molecule has 1 fully saturated rings. The smallest absolute Gasteiger partial charge is 0.212 e. The van der Waals surface area contributed by atoms with Crippen LogP contribution in [-0.2, 0) is 11.3 Å². The fourth-order valence-electron chi connectivity index (χ4n) is 2.99. The third-order valence-corrected chi connectivity index (χ3v) is 4.34. The van der Waals surface area contributed by atoms with Crippen LogP contribution in [0.2, 0.25) is 0 Å². The van der Waals surface area contributed by atoms with Crippen molar-refractivity contribution in [3.8, 4) is 17.7 Å². The van der Waals surface area contributed by atoms with Crippen molar-refractivity contribution in [1.82, 2.24) is 10.3 Å². The van der Waals surface area contributed by atoms with E-state index in [1.54, 1.807) is 26.5 Å². The summed E-state index contributed by atoms with van der Waals surface area (Å²) in [5.74, 6) is 1.19. The molecule has 0 saturated carbocycles. The summed E-state index contributed by atoms with van der Waals surface area (Å²) in [4.78, 5) is 4.26. The second-order valence-electron chi connectivity index (χ2n) is 5.85. The molecule has 0 spiro atoms. The van der Waals surface area contributed by atoms with Crippen molar-refractivity contribution in [1.29, 1.82) is 5.26 Å². The second-order valence-corrected chi connectivity index (χ2v) is 5.85. The van der Waals surface area contributed by atoms with Gasteiger partial charge in [0, 0.05) is 37.0 Å². The van der Waals surface area contributed by atoms with Crippen LogP contribution in [0, 0.1) is 11.3 Å². The molecule has 1 saturated heterocycles. The van der Waals surface area contributed by atoms with Gasteiger partial charge in [0.05, 0.1) is 25.9 Å². The molecule has 2 heterocycles. The predicted molar refractivity (Wildman–Crippen MR) is 92.4 cm³/mol. The van der Waals surface area contributed by atoms with E-state index >= 15 is 0 Å². The molecule has 0 aliphatic carbocycles. The van der Waals surface area contributed by atoms with Crippen LogP contribution < -0.4 is 14.8 Å². The number of pyridine rings is 1. The molecule has 1 aliphatic rings. The van der Waals surface area contributed by atoms with E-state index in [9.17, 15) is 0 Å². The molecule has 3 rings (SSSR count).